The van der Waals surface area contributed by atoms with Crippen LogP contribution in [0.3, 0.4) is 0 Å². The fourth-order valence-electron chi connectivity index (χ4n) is 2.14. The van der Waals surface area contributed by atoms with E-state index >= 15 is 0 Å². The molecule has 2 nitrogen and oxygen atoms in total. The summed E-state index contributed by atoms with van der Waals surface area (Å²) in [5.74, 6) is -1.95. The van der Waals surface area contributed by atoms with Gasteiger partial charge < -0.3 is 4.90 Å². The summed E-state index contributed by atoms with van der Waals surface area (Å²) >= 11 is 0. The SMILES string of the molecule is CC1CCCN1c1ccc(C#N)c(F)c1F. The van der Waals surface area contributed by atoms with Crippen LogP contribution in [0.15, 0.2) is 12.1 Å². The van der Waals surface area contributed by atoms with Gasteiger partial charge in [0, 0.05) is 12.6 Å². The molecular formula is C12H12F2N2. The largest absolute Gasteiger partial charge is 0.366 e. The van der Waals surface area contributed by atoms with Crippen LogP contribution in [0, 0.1) is 23.0 Å². The van der Waals surface area contributed by atoms with Crippen molar-refractivity contribution in [1.82, 2.24) is 0 Å². The molecule has 0 amide bonds. The van der Waals surface area contributed by atoms with Crippen LogP contribution in [0.25, 0.3) is 0 Å². The van der Waals surface area contributed by atoms with Crippen LogP contribution in [0.2, 0.25) is 0 Å². The highest BCUT2D eigenvalue weighted by Crippen LogP contribution is 2.29. The molecule has 1 aromatic carbocycles. The molecule has 0 aromatic heterocycles. The van der Waals surface area contributed by atoms with E-state index in [1.54, 1.807) is 6.07 Å². The van der Waals surface area contributed by atoms with Gasteiger partial charge in [-0.1, -0.05) is 0 Å². The van der Waals surface area contributed by atoms with Crippen molar-refractivity contribution < 1.29 is 8.78 Å². The van der Waals surface area contributed by atoms with Gasteiger partial charge in [0.15, 0.2) is 11.6 Å². The van der Waals surface area contributed by atoms with Crippen molar-refractivity contribution in [2.24, 2.45) is 0 Å². The van der Waals surface area contributed by atoms with Gasteiger partial charge in [-0.3, -0.25) is 0 Å². The average Bonchev–Trinajstić information content (AvgIpc) is 2.69. The summed E-state index contributed by atoms with van der Waals surface area (Å²) in [5.41, 5.74) is 0.0228. The normalized spacial score (nSPS) is 19.9. The molecule has 1 aromatic rings. The smallest absolute Gasteiger partial charge is 0.183 e. The van der Waals surface area contributed by atoms with E-state index in [1.165, 1.54) is 12.1 Å². The van der Waals surface area contributed by atoms with Gasteiger partial charge in [-0.05, 0) is 31.9 Å². The highest BCUT2D eigenvalue weighted by molar-refractivity contribution is 5.53. The summed E-state index contributed by atoms with van der Waals surface area (Å²) in [6, 6.07) is 4.67. The van der Waals surface area contributed by atoms with E-state index in [1.807, 2.05) is 11.8 Å². The molecule has 2 rings (SSSR count). The van der Waals surface area contributed by atoms with Crippen molar-refractivity contribution in [3.8, 4) is 6.07 Å². The van der Waals surface area contributed by atoms with Crippen molar-refractivity contribution in [3.63, 3.8) is 0 Å². The highest BCUT2D eigenvalue weighted by Gasteiger charge is 2.25. The molecule has 0 aliphatic carbocycles. The second-order valence-electron chi connectivity index (χ2n) is 4.06. The Morgan fingerprint density at radius 1 is 1.38 bits per heavy atom. The second-order valence-corrected chi connectivity index (χ2v) is 4.06. The van der Waals surface area contributed by atoms with Gasteiger partial charge in [-0.25, -0.2) is 8.78 Å². The summed E-state index contributed by atoms with van der Waals surface area (Å²) in [6.45, 7) is 2.73. The van der Waals surface area contributed by atoms with Gasteiger partial charge in [0.2, 0.25) is 0 Å². The van der Waals surface area contributed by atoms with E-state index in [9.17, 15) is 8.78 Å². The summed E-state index contributed by atoms with van der Waals surface area (Å²) in [5, 5.41) is 8.58. The molecule has 0 N–H and O–H groups in total. The van der Waals surface area contributed by atoms with Gasteiger partial charge >= 0.3 is 0 Å². The molecule has 84 valence electrons. The Balaban J connectivity index is 2.43. The maximum absolute atomic E-state index is 13.7. The number of hydrogen-bond donors (Lipinski definition) is 0. The molecule has 1 aliphatic heterocycles. The van der Waals surface area contributed by atoms with E-state index in [0.717, 1.165) is 19.4 Å². The van der Waals surface area contributed by atoms with Crippen LogP contribution in [-0.4, -0.2) is 12.6 Å². The Bertz CT molecular complexity index is 451. The maximum atomic E-state index is 13.7. The first-order valence-electron chi connectivity index (χ1n) is 5.30. The Hall–Kier alpha value is -1.63. The van der Waals surface area contributed by atoms with Gasteiger partial charge in [-0.15, -0.1) is 0 Å². The predicted molar refractivity (Wildman–Crippen MR) is 57.1 cm³/mol. The van der Waals surface area contributed by atoms with Gasteiger partial charge in [-0.2, -0.15) is 5.26 Å². The zero-order valence-electron chi connectivity index (χ0n) is 9.00. The first kappa shape index (κ1) is 10.9. The number of hydrogen-bond acceptors (Lipinski definition) is 2. The summed E-state index contributed by atoms with van der Waals surface area (Å²) in [4.78, 5) is 1.85. The summed E-state index contributed by atoms with van der Waals surface area (Å²) < 4.78 is 27.1. The minimum atomic E-state index is -1.04. The van der Waals surface area contributed by atoms with Crippen LogP contribution < -0.4 is 4.90 Å². The van der Waals surface area contributed by atoms with Crippen molar-refractivity contribution in [3.05, 3.63) is 29.3 Å². The van der Waals surface area contributed by atoms with Crippen molar-refractivity contribution in [2.75, 3.05) is 11.4 Å². The van der Waals surface area contributed by atoms with Gasteiger partial charge in [0.25, 0.3) is 0 Å². The van der Waals surface area contributed by atoms with E-state index in [0.29, 0.717) is 0 Å². The third kappa shape index (κ3) is 1.63. The zero-order chi connectivity index (χ0) is 11.7. The Morgan fingerprint density at radius 2 is 2.12 bits per heavy atom. The molecule has 0 saturated carbocycles. The van der Waals surface area contributed by atoms with Crippen molar-refractivity contribution in [2.45, 2.75) is 25.8 Å². The second kappa shape index (κ2) is 4.09. The molecule has 1 aliphatic rings. The standard InChI is InChI=1S/C12H12F2N2/c1-8-3-2-6-16(8)10-5-4-9(7-15)11(13)12(10)14/h4-5,8H,2-3,6H2,1H3. The van der Waals surface area contributed by atoms with Gasteiger partial charge in [0.05, 0.1) is 11.3 Å². The molecule has 1 fully saturated rings. The fraction of sp³-hybridized carbons (Fsp3) is 0.417. The van der Waals surface area contributed by atoms with Crippen molar-refractivity contribution >= 4 is 5.69 Å². The number of halogens is 2. The minimum absolute atomic E-state index is 0.224. The van der Waals surface area contributed by atoms with E-state index < -0.39 is 11.6 Å². The number of anilines is 1. The molecule has 0 bridgehead atoms. The first-order valence-corrected chi connectivity index (χ1v) is 5.30. The lowest BCUT2D eigenvalue weighted by Crippen LogP contribution is -2.27. The lowest BCUT2D eigenvalue weighted by Gasteiger charge is -2.24. The van der Waals surface area contributed by atoms with E-state index in [4.69, 9.17) is 5.26 Å². The molecule has 0 spiro atoms. The third-order valence-electron chi connectivity index (χ3n) is 3.04. The summed E-state index contributed by atoms with van der Waals surface area (Å²) in [6.07, 6.45) is 1.98. The molecule has 1 atom stereocenters. The quantitative estimate of drug-likeness (QED) is 0.730. The van der Waals surface area contributed by atoms with Crippen LogP contribution in [0.1, 0.15) is 25.3 Å². The number of nitriles is 1. The lowest BCUT2D eigenvalue weighted by atomic mass is 10.1. The molecule has 1 heterocycles. The van der Waals surface area contributed by atoms with Crippen LogP contribution in [0.5, 0.6) is 0 Å². The Labute approximate surface area is 93.1 Å². The summed E-state index contributed by atoms with van der Waals surface area (Å²) in [7, 11) is 0. The molecule has 4 heteroatoms. The number of benzene rings is 1. The van der Waals surface area contributed by atoms with Crippen LogP contribution in [0.4, 0.5) is 14.5 Å². The third-order valence-corrected chi connectivity index (χ3v) is 3.04. The van der Waals surface area contributed by atoms with E-state index in [-0.39, 0.29) is 17.3 Å². The lowest BCUT2D eigenvalue weighted by molar-refractivity contribution is 0.503. The number of nitrogens with zero attached hydrogens (tertiary/aromatic N) is 2. The average molecular weight is 222 g/mol. The maximum Gasteiger partial charge on any atom is 0.183 e. The molecule has 0 radical (unpaired) electrons. The highest BCUT2D eigenvalue weighted by atomic mass is 19.2. The minimum Gasteiger partial charge on any atom is -0.366 e. The fourth-order valence-corrected chi connectivity index (χ4v) is 2.14. The Kier molecular flexibility index (Phi) is 2.78. The first-order chi connectivity index (χ1) is 7.65. The molecular weight excluding hydrogens is 210 g/mol. The number of rotatable bonds is 1. The van der Waals surface area contributed by atoms with Crippen molar-refractivity contribution in [1.29, 1.82) is 5.26 Å². The van der Waals surface area contributed by atoms with Crippen LogP contribution in [-0.2, 0) is 0 Å². The Morgan fingerprint density at radius 3 is 2.69 bits per heavy atom. The van der Waals surface area contributed by atoms with E-state index in [2.05, 4.69) is 0 Å². The molecule has 16 heavy (non-hydrogen) atoms. The monoisotopic (exact) mass is 222 g/mol. The van der Waals surface area contributed by atoms with Gasteiger partial charge in [0.1, 0.15) is 6.07 Å². The molecule has 1 unspecified atom stereocenters. The topological polar surface area (TPSA) is 27.0 Å². The van der Waals surface area contributed by atoms with Crippen LogP contribution >= 0.6 is 0 Å². The predicted octanol–water partition coefficient (Wildman–Crippen LogP) is 2.83. The zero-order valence-corrected chi connectivity index (χ0v) is 9.00. The molecule has 1 saturated heterocycles.